The van der Waals surface area contributed by atoms with Gasteiger partial charge in [-0.3, -0.25) is 4.79 Å². The van der Waals surface area contributed by atoms with E-state index >= 15 is 0 Å². The van der Waals surface area contributed by atoms with E-state index in [4.69, 9.17) is 9.84 Å². The molecule has 0 saturated heterocycles. The molecule has 1 aromatic rings. The van der Waals surface area contributed by atoms with E-state index < -0.39 is 11.5 Å². The Morgan fingerprint density at radius 1 is 1.30 bits per heavy atom. The van der Waals surface area contributed by atoms with Crippen LogP contribution in [0.3, 0.4) is 0 Å². The molecule has 1 aliphatic rings. The van der Waals surface area contributed by atoms with Gasteiger partial charge in [0.2, 0.25) is 5.91 Å². The molecule has 20 heavy (non-hydrogen) atoms. The molecule has 0 radical (unpaired) electrons. The van der Waals surface area contributed by atoms with Gasteiger partial charge in [0.1, 0.15) is 17.1 Å². The maximum absolute atomic E-state index is 12.7. The molecular formula is C14H16FNO4. The van der Waals surface area contributed by atoms with Crippen LogP contribution in [0.2, 0.25) is 0 Å². The third kappa shape index (κ3) is 3.26. The zero-order chi connectivity index (χ0) is 14.6. The summed E-state index contributed by atoms with van der Waals surface area (Å²) in [4.78, 5) is 22.8. The van der Waals surface area contributed by atoms with Crippen LogP contribution in [0.25, 0.3) is 0 Å². The van der Waals surface area contributed by atoms with Crippen LogP contribution >= 0.6 is 0 Å². The Balaban J connectivity index is 1.75. The van der Waals surface area contributed by atoms with Crippen molar-refractivity contribution in [3.8, 4) is 5.75 Å². The molecule has 0 aliphatic heterocycles. The molecule has 1 amide bonds. The van der Waals surface area contributed by atoms with Crippen molar-refractivity contribution < 1.29 is 23.8 Å². The Morgan fingerprint density at radius 3 is 2.45 bits per heavy atom. The van der Waals surface area contributed by atoms with E-state index in [2.05, 4.69) is 5.32 Å². The number of carboxylic acid groups (broad SMARTS) is 1. The van der Waals surface area contributed by atoms with Crippen molar-refractivity contribution >= 4 is 11.9 Å². The quantitative estimate of drug-likeness (QED) is 0.832. The topological polar surface area (TPSA) is 75.6 Å². The second kappa shape index (κ2) is 5.90. The molecule has 0 bridgehead atoms. The summed E-state index contributed by atoms with van der Waals surface area (Å²) in [5, 5.41) is 11.6. The number of aliphatic carboxylic acids is 1. The Kier molecular flexibility index (Phi) is 4.22. The molecule has 0 heterocycles. The first-order chi connectivity index (χ1) is 9.52. The van der Waals surface area contributed by atoms with Gasteiger partial charge in [-0.05, 0) is 43.5 Å². The molecule has 2 N–H and O–H groups in total. The van der Waals surface area contributed by atoms with Crippen molar-refractivity contribution in [3.63, 3.8) is 0 Å². The van der Waals surface area contributed by atoms with Crippen molar-refractivity contribution in [1.82, 2.24) is 5.32 Å². The largest absolute Gasteiger partial charge is 0.493 e. The lowest BCUT2D eigenvalue weighted by atomic mass is 9.76. The number of carbonyl (C=O) groups excluding carboxylic acids is 1. The fourth-order valence-corrected chi connectivity index (χ4v) is 2.04. The van der Waals surface area contributed by atoms with Crippen LogP contribution in [0, 0.1) is 5.82 Å². The summed E-state index contributed by atoms with van der Waals surface area (Å²) in [5.41, 5.74) is -1.09. The van der Waals surface area contributed by atoms with Gasteiger partial charge in [-0.25, -0.2) is 9.18 Å². The van der Waals surface area contributed by atoms with E-state index in [0.29, 0.717) is 18.6 Å². The summed E-state index contributed by atoms with van der Waals surface area (Å²) >= 11 is 0. The monoisotopic (exact) mass is 281 g/mol. The number of benzene rings is 1. The number of nitrogens with one attached hydrogen (secondary N) is 1. The van der Waals surface area contributed by atoms with Crippen LogP contribution in [0.1, 0.15) is 25.7 Å². The third-order valence-corrected chi connectivity index (χ3v) is 3.41. The van der Waals surface area contributed by atoms with Gasteiger partial charge in [-0.1, -0.05) is 0 Å². The van der Waals surface area contributed by atoms with Crippen LogP contribution in [0.5, 0.6) is 5.75 Å². The maximum Gasteiger partial charge on any atom is 0.329 e. The fourth-order valence-electron chi connectivity index (χ4n) is 2.04. The van der Waals surface area contributed by atoms with Crippen molar-refractivity contribution in [2.24, 2.45) is 0 Å². The average Bonchev–Trinajstić information content (AvgIpc) is 2.36. The van der Waals surface area contributed by atoms with Gasteiger partial charge in [0, 0.05) is 0 Å². The normalized spacial score (nSPS) is 16.1. The summed E-state index contributed by atoms with van der Waals surface area (Å²) in [6.45, 7) is 0.118. The predicted molar refractivity (Wildman–Crippen MR) is 68.9 cm³/mol. The molecule has 1 aromatic carbocycles. The zero-order valence-corrected chi connectivity index (χ0v) is 10.9. The van der Waals surface area contributed by atoms with E-state index in [-0.39, 0.29) is 24.8 Å². The standard InChI is InChI=1S/C14H16FNO4/c15-10-2-4-11(5-3-10)20-9-6-12(17)16-14(13(18)19)7-1-8-14/h2-5H,1,6-9H2,(H,16,17)(H,18,19). The van der Waals surface area contributed by atoms with Gasteiger partial charge in [-0.15, -0.1) is 0 Å². The maximum atomic E-state index is 12.7. The fraction of sp³-hybridized carbons (Fsp3) is 0.429. The molecule has 0 atom stereocenters. The number of carboxylic acids is 1. The van der Waals surface area contributed by atoms with Crippen LogP contribution in [0.15, 0.2) is 24.3 Å². The molecule has 0 spiro atoms. The molecule has 108 valence electrons. The lowest BCUT2D eigenvalue weighted by Gasteiger charge is -2.38. The molecule has 1 aliphatic carbocycles. The predicted octanol–water partition coefficient (Wildman–Crippen LogP) is 1.72. The molecule has 2 rings (SSSR count). The number of amides is 1. The minimum atomic E-state index is -1.09. The first kappa shape index (κ1) is 14.3. The van der Waals surface area contributed by atoms with Crippen LogP contribution in [-0.4, -0.2) is 29.1 Å². The zero-order valence-electron chi connectivity index (χ0n) is 10.9. The van der Waals surface area contributed by atoms with E-state index in [1.165, 1.54) is 24.3 Å². The number of rotatable bonds is 6. The second-order valence-corrected chi connectivity index (χ2v) is 4.84. The average molecular weight is 281 g/mol. The number of halogens is 1. The molecule has 1 fully saturated rings. The van der Waals surface area contributed by atoms with E-state index in [0.717, 1.165) is 6.42 Å². The van der Waals surface area contributed by atoms with Gasteiger partial charge >= 0.3 is 5.97 Å². The van der Waals surface area contributed by atoms with Gasteiger partial charge in [0.25, 0.3) is 0 Å². The van der Waals surface area contributed by atoms with Crippen molar-refractivity contribution in [3.05, 3.63) is 30.1 Å². The SMILES string of the molecule is O=C(CCOc1ccc(F)cc1)NC1(C(=O)O)CCC1. The van der Waals surface area contributed by atoms with Gasteiger partial charge in [-0.2, -0.15) is 0 Å². The number of hydrogen-bond donors (Lipinski definition) is 2. The van der Waals surface area contributed by atoms with E-state index in [1.54, 1.807) is 0 Å². The molecular weight excluding hydrogens is 265 g/mol. The van der Waals surface area contributed by atoms with Crippen LogP contribution in [-0.2, 0) is 9.59 Å². The highest BCUT2D eigenvalue weighted by atomic mass is 19.1. The minimum absolute atomic E-state index is 0.0619. The summed E-state index contributed by atoms with van der Waals surface area (Å²) in [6, 6.07) is 5.47. The second-order valence-electron chi connectivity index (χ2n) is 4.84. The summed E-state index contributed by atoms with van der Waals surface area (Å²) in [5.74, 6) is -1.23. The Hall–Kier alpha value is -2.11. The summed E-state index contributed by atoms with van der Waals surface area (Å²) in [7, 11) is 0. The molecule has 5 nitrogen and oxygen atoms in total. The Morgan fingerprint density at radius 2 is 1.95 bits per heavy atom. The summed E-state index contributed by atoms with van der Waals surface area (Å²) < 4.78 is 18.0. The van der Waals surface area contributed by atoms with Gasteiger partial charge in [0.05, 0.1) is 13.0 Å². The first-order valence-electron chi connectivity index (χ1n) is 6.45. The number of hydrogen-bond acceptors (Lipinski definition) is 3. The van der Waals surface area contributed by atoms with E-state index in [9.17, 15) is 14.0 Å². The molecule has 0 aromatic heterocycles. The van der Waals surface area contributed by atoms with Crippen molar-refractivity contribution in [2.75, 3.05) is 6.61 Å². The highest BCUT2D eigenvalue weighted by molar-refractivity contribution is 5.87. The molecule has 1 saturated carbocycles. The third-order valence-electron chi connectivity index (χ3n) is 3.41. The Labute approximate surface area is 115 Å². The van der Waals surface area contributed by atoms with Crippen LogP contribution in [0.4, 0.5) is 4.39 Å². The first-order valence-corrected chi connectivity index (χ1v) is 6.45. The lowest BCUT2D eigenvalue weighted by Crippen LogP contribution is -2.59. The lowest BCUT2D eigenvalue weighted by molar-refractivity contribution is -0.151. The smallest absolute Gasteiger partial charge is 0.329 e. The highest BCUT2D eigenvalue weighted by Gasteiger charge is 2.45. The number of ether oxygens (including phenoxy) is 1. The number of carbonyl (C=O) groups is 2. The van der Waals surface area contributed by atoms with Crippen molar-refractivity contribution in [2.45, 2.75) is 31.2 Å². The van der Waals surface area contributed by atoms with Gasteiger partial charge < -0.3 is 15.2 Å². The van der Waals surface area contributed by atoms with Crippen molar-refractivity contribution in [1.29, 1.82) is 0 Å². The van der Waals surface area contributed by atoms with Gasteiger partial charge in [0.15, 0.2) is 0 Å². The minimum Gasteiger partial charge on any atom is -0.493 e. The van der Waals surface area contributed by atoms with E-state index in [1.807, 2.05) is 0 Å². The van der Waals surface area contributed by atoms with Crippen LogP contribution < -0.4 is 10.1 Å². The summed E-state index contributed by atoms with van der Waals surface area (Å²) in [6.07, 6.45) is 1.80. The highest BCUT2D eigenvalue weighted by Crippen LogP contribution is 2.32. The molecule has 6 heteroatoms. The Bertz CT molecular complexity index is 496. The molecule has 0 unspecified atom stereocenters.